The van der Waals surface area contributed by atoms with Crippen molar-refractivity contribution in [1.29, 1.82) is 0 Å². The number of nitrogens with one attached hydrogen (secondary N) is 1. The molecule has 0 atom stereocenters. The Balaban J connectivity index is 1.62. The number of hydrogen-bond donors (Lipinski definition) is 1. The van der Waals surface area contributed by atoms with E-state index in [1.54, 1.807) is 0 Å². The number of hydrogen-bond acceptors (Lipinski definition) is 1. The lowest BCUT2D eigenvalue weighted by atomic mass is 9.75. The number of halogens is 2. The van der Waals surface area contributed by atoms with Crippen molar-refractivity contribution >= 4 is 5.69 Å². The van der Waals surface area contributed by atoms with E-state index in [2.05, 4.69) is 36.5 Å². The molecule has 0 radical (unpaired) electrons. The van der Waals surface area contributed by atoms with E-state index >= 15 is 0 Å². The van der Waals surface area contributed by atoms with E-state index < -0.39 is 11.6 Å². The lowest BCUT2D eigenvalue weighted by molar-refractivity contribution is 0.371. The van der Waals surface area contributed by atoms with Gasteiger partial charge in [0.05, 0.1) is 0 Å². The smallest absolute Gasteiger partial charge is 0.149 e. The summed E-state index contributed by atoms with van der Waals surface area (Å²) in [4.78, 5) is 0. The maximum atomic E-state index is 13.5. The van der Waals surface area contributed by atoms with Gasteiger partial charge in [-0.2, -0.15) is 0 Å². The quantitative estimate of drug-likeness (QED) is 0.859. The molecule has 1 aliphatic rings. The Bertz CT molecular complexity index is 581. The van der Waals surface area contributed by atoms with E-state index in [-0.39, 0.29) is 11.7 Å². The van der Waals surface area contributed by atoms with Gasteiger partial charge in [-0.15, -0.1) is 0 Å². The second-order valence-corrected chi connectivity index (χ2v) is 5.52. The highest BCUT2D eigenvalue weighted by Gasteiger charge is 2.31. The highest BCUT2D eigenvalue weighted by atomic mass is 19.1. The van der Waals surface area contributed by atoms with Gasteiger partial charge in [0.1, 0.15) is 17.3 Å². The van der Waals surface area contributed by atoms with Gasteiger partial charge in [-0.1, -0.05) is 35.9 Å². The van der Waals surface area contributed by atoms with Gasteiger partial charge in [-0.3, -0.25) is 0 Å². The summed E-state index contributed by atoms with van der Waals surface area (Å²) < 4.78 is 27.1. The fourth-order valence-corrected chi connectivity index (χ4v) is 2.69. The van der Waals surface area contributed by atoms with Gasteiger partial charge in [0.25, 0.3) is 0 Å². The molecule has 0 aliphatic heterocycles. The first-order valence-corrected chi connectivity index (χ1v) is 6.90. The largest absolute Gasteiger partial charge is 0.378 e. The molecule has 20 heavy (non-hydrogen) atoms. The summed E-state index contributed by atoms with van der Waals surface area (Å²) in [5, 5.41) is 2.98. The summed E-state index contributed by atoms with van der Waals surface area (Å²) in [6.07, 6.45) is 1.83. The van der Waals surface area contributed by atoms with Crippen LogP contribution in [0.2, 0.25) is 0 Å². The van der Waals surface area contributed by atoms with Crippen LogP contribution in [0.15, 0.2) is 42.5 Å². The average molecular weight is 273 g/mol. The van der Waals surface area contributed by atoms with Crippen LogP contribution >= 0.6 is 0 Å². The SMILES string of the molecule is Cc1ccc(C2CC(Nc3c(F)cccc3F)C2)cc1. The van der Waals surface area contributed by atoms with Crippen LogP contribution in [-0.4, -0.2) is 6.04 Å². The van der Waals surface area contributed by atoms with Crippen molar-refractivity contribution in [2.75, 3.05) is 5.32 Å². The van der Waals surface area contributed by atoms with E-state index in [1.165, 1.54) is 29.3 Å². The lowest BCUT2D eigenvalue weighted by Crippen LogP contribution is -2.34. The third-order valence-corrected chi connectivity index (χ3v) is 4.00. The normalized spacial score (nSPS) is 21.4. The Hall–Kier alpha value is -1.90. The summed E-state index contributed by atoms with van der Waals surface area (Å²) in [6, 6.07) is 12.6. The molecule has 104 valence electrons. The Morgan fingerprint density at radius 2 is 1.55 bits per heavy atom. The zero-order valence-electron chi connectivity index (χ0n) is 11.4. The molecule has 0 spiro atoms. The van der Waals surface area contributed by atoms with Gasteiger partial charge in [0.2, 0.25) is 0 Å². The van der Waals surface area contributed by atoms with E-state index in [4.69, 9.17) is 0 Å². The number of rotatable bonds is 3. The van der Waals surface area contributed by atoms with Crippen LogP contribution in [-0.2, 0) is 0 Å². The summed E-state index contributed by atoms with van der Waals surface area (Å²) in [5.41, 5.74) is 2.55. The third-order valence-electron chi connectivity index (χ3n) is 4.00. The first-order chi connectivity index (χ1) is 9.63. The number of benzene rings is 2. The number of aryl methyl sites for hydroxylation is 1. The molecule has 1 saturated carbocycles. The molecule has 0 amide bonds. The Labute approximate surface area is 117 Å². The van der Waals surface area contributed by atoms with E-state index in [9.17, 15) is 8.78 Å². The molecule has 0 saturated heterocycles. The third kappa shape index (κ3) is 2.53. The van der Waals surface area contributed by atoms with E-state index in [1.807, 2.05) is 0 Å². The Kier molecular flexibility index (Phi) is 3.43. The molecule has 0 unspecified atom stereocenters. The van der Waals surface area contributed by atoms with Crippen LogP contribution in [0.25, 0.3) is 0 Å². The Morgan fingerprint density at radius 1 is 0.950 bits per heavy atom. The first-order valence-electron chi connectivity index (χ1n) is 6.90. The molecule has 1 aliphatic carbocycles. The maximum absolute atomic E-state index is 13.5. The minimum absolute atomic E-state index is 0.000133. The first kappa shape index (κ1) is 13.1. The van der Waals surface area contributed by atoms with Gasteiger partial charge in [0.15, 0.2) is 0 Å². The van der Waals surface area contributed by atoms with Crippen molar-refractivity contribution in [2.24, 2.45) is 0 Å². The highest BCUT2D eigenvalue weighted by molar-refractivity contribution is 5.47. The molecular weight excluding hydrogens is 256 g/mol. The zero-order chi connectivity index (χ0) is 14.1. The molecule has 1 N–H and O–H groups in total. The summed E-state index contributed by atoms with van der Waals surface area (Å²) in [6.45, 7) is 2.07. The molecule has 0 heterocycles. The predicted molar refractivity (Wildman–Crippen MR) is 76.9 cm³/mol. The second kappa shape index (κ2) is 5.23. The maximum Gasteiger partial charge on any atom is 0.149 e. The number of para-hydroxylation sites is 1. The van der Waals surface area contributed by atoms with Crippen LogP contribution in [0.4, 0.5) is 14.5 Å². The molecule has 1 fully saturated rings. The van der Waals surface area contributed by atoms with Crippen LogP contribution in [0.3, 0.4) is 0 Å². The summed E-state index contributed by atoms with van der Waals surface area (Å²) in [5.74, 6) is -0.560. The standard InChI is InChI=1S/C17H17F2N/c1-11-5-7-12(8-6-11)13-9-14(10-13)20-17-15(18)3-2-4-16(17)19/h2-8,13-14,20H,9-10H2,1H3. The van der Waals surface area contributed by atoms with Gasteiger partial charge < -0.3 is 5.32 Å². The van der Waals surface area contributed by atoms with Crippen molar-refractivity contribution in [2.45, 2.75) is 31.7 Å². The fraction of sp³-hybridized carbons (Fsp3) is 0.294. The minimum atomic E-state index is -0.524. The lowest BCUT2D eigenvalue weighted by Gasteiger charge is -2.37. The second-order valence-electron chi connectivity index (χ2n) is 5.52. The van der Waals surface area contributed by atoms with Gasteiger partial charge in [0, 0.05) is 6.04 Å². The Morgan fingerprint density at radius 3 is 2.15 bits per heavy atom. The van der Waals surface area contributed by atoms with Crippen LogP contribution in [0, 0.1) is 18.6 Å². The molecule has 3 heteroatoms. The van der Waals surface area contributed by atoms with Crippen molar-refractivity contribution < 1.29 is 8.78 Å². The van der Waals surface area contributed by atoms with Crippen LogP contribution in [0.1, 0.15) is 29.9 Å². The van der Waals surface area contributed by atoms with Crippen molar-refractivity contribution in [3.05, 3.63) is 65.2 Å². The number of anilines is 1. The monoisotopic (exact) mass is 273 g/mol. The predicted octanol–water partition coefficient (Wildman–Crippen LogP) is 4.63. The molecule has 2 aromatic carbocycles. The fourth-order valence-electron chi connectivity index (χ4n) is 2.69. The van der Waals surface area contributed by atoms with Crippen molar-refractivity contribution in [1.82, 2.24) is 0 Å². The van der Waals surface area contributed by atoms with Gasteiger partial charge in [-0.05, 0) is 43.4 Å². The molecule has 3 rings (SSSR count). The summed E-state index contributed by atoms with van der Waals surface area (Å²) in [7, 11) is 0. The minimum Gasteiger partial charge on any atom is -0.378 e. The molecular formula is C17H17F2N. The van der Waals surface area contributed by atoms with Crippen LogP contribution < -0.4 is 5.32 Å². The molecule has 0 aromatic heterocycles. The van der Waals surface area contributed by atoms with Crippen molar-refractivity contribution in [3.8, 4) is 0 Å². The zero-order valence-corrected chi connectivity index (χ0v) is 11.4. The average Bonchev–Trinajstić information content (AvgIpc) is 2.38. The molecule has 0 bridgehead atoms. The summed E-state index contributed by atoms with van der Waals surface area (Å²) >= 11 is 0. The molecule has 2 aromatic rings. The van der Waals surface area contributed by atoms with Gasteiger partial charge >= 0.3 is 0 Å². The highest BCUT2D eigenvalue weighted by Crippen LogP contribution is 2.39. The van der Waals surface area contributed by atoms with Gasteiger partial charge in [-0.25, -0.2) is 8.78 Å². The van der Waals surface area contributed by atoms with E-state index in [0.29, 0.717) is 5.92 Å². The molecule has 1 nitrogen and oxygen atoms in total. The topological polar surface area (TPSA) is 12.0 Å². The van der Waals surface area contributed by atoms with Crippen molar-refractivity contribution in [3.63, 3.8) is 0 Å². The van der Waals surface area contributed by atoms with Crippen LogP contribution in [0.5, 0.6) is 0 Å². The van der Waals surface area contributed by atoms with E-state index in [0.717, 1.165) is 12.8 Å².